The second kappa shape index (κ2) is 10.9. The van der Waals surface area contributed by atoms with Crippen LogP contribution in [0.2, 0.25) is 0 Å². The lowest BCUT2D eigenvalue weighted by Gasteiger charge is -2.27. The fourth-order valence-electron chi connectivity index (χ4n) is 3.95. The molecule has 8 nitrogen and oxygen atoms in total. The second-order valence-corrected chi connectivity index (χ2v) is 10.1. The molecule has 35 heavy (non-hydrogen) atoms. The first-order valence-corrected chi connectivity index (χ1v) is 12.5. The van der Waals surface area contributed by atoms with Crippen molar-refractivity contribution in [2.75, 3.05) is 44.3 Å². The van der Waals surface area contributed by atoms with Crippen LogP contribution in [0.15, 0.2) is 42.5 Å². The Labute approximate surface area is 214 Å². The average Bonchev–Trinajstić information content (AvgIpc) is 3.45. The van der Waals surface area contributed by atoms with Crippen molar-refractivity contribution in [3.63, 3.8) is 0 Å². The van der Waals surface area contributed by atoms with Crippen LogP contribution in [0.1, 0.15) is 16.1 Å². The van der Waals surface area contributed by atoms with E-state index in [1.807, 2.05) is 0 Å². The van der Waals surface area contributed by atoms with E-state index in [2.05, 4.69) is 9.88 Å². The van der Waals surface area contributed by atoms with Crippen LogP contribution < -0.4 is 4.90 Å². The Balaban J connectivity index is 0.00000289. The highest BCUT2D eigenvalue weighted by molar-refractivity contribution is 7.23. The maximum atomic E-state index is 13.7. The van der Waals surface area contributed by atoms with Crippen molar-refractivity contribution in [2.24, 2.45) is 0 Å². The molecule has 12 heteroatoms. The Morgan fingerprint density at radius 2 is 1.94 bits per heavy atom. The van der Waals surface area contributed by atoms with Gasteiger partial charge in [0.1, 0.15) is 5.82 Å². The predicted molar refractivity (Wildman–Crippen MR) is 139 cm³/mol. The van der Waals surface area contributed by atoms with Crippen LogP contribution >= 0.6 is 35.1 Å². The number of morpholine rings is 1. The number of nitro groups is 1. The number of hydrogen-bond donors (Lipinski definition) is 0. The summed E-state index contributed by atoms with van der Waals surface area (Å²) in [6.07, 6.45) is 0.742. The van der Waals surface area contributed by atoms with Crippen LogP contribution in [0.4, 0.5) is 15.2 Å². The van der Waals surface area contributed by atoms with E-state index in [9.17, 15) is 19.3 Å². The number of amides is 1. The summed E-state index contributed by atoms with van der Waals surface area (Å²) in [6, 6.07) is 10.7. The van der Waals surface area contributed by atoms with Crippen LogP contribution in [0.5, 0.6) is 0 Å². The Morgan fingerprint density at radius 1 is 1.14 bits per heavy atom. The molecule has 1 amide bonds. The minimum atomic E-state index is -0.448. The van der Waals surface area contributed by atoms with Gasteiger partial charge >= 0.3 is 0 Å². The number of thiazole rings is 1. The van der Waals surface area contributed by atoms with Crippen LogP contribution in [0.25, 0.3) is 20.3 Å². The van der Waals surface area contributed by atoms with Gasteiger partial charge in [0, 0.05) is 48.4 Å². The second-order valence-electron chi connectivity index (χ2n) is 7.96. The zero-order valence-corrected chi connectivity index (χ0v) is 21.0. The molecule has 1 saturated heterocycles. The fraction of sp³-hybridized carbons (Fsp3) is 0.304. The number of aromatic nitrogens is 1. The van der Waals surface area contributed by atoms with Gasteiger partial charge < -0.3 is 4.74 Å². The predicted octanol–water partition coefficient (Wildman–Crippen LogP) is 5.35. The smallest absolute Gasteiger partial charge is 0.270 e. The third-order valence-electron chi connectivity index (χ3n) is 5.70. The first-order valence-electron chi connectivity index (χ1n) is 10.8. The van der Waals surface area contributed by atoms with Gasteiger partial charge in [0.15, 0.2) is 5.13 Å². The molecule has 4 aromatic rings. The number of halogens is 2. The SMILES string of the molecule is Cl.O=C(c1cc2cc([N+](=O)[O-])ccc2s1)N(CCCN1CCOCC1)c1nc2ccc(F)cc2s1. The Bertz CT molecular complexity index is 1370. The van der Waals surface area contributed by atoms with Gasteiger partial charge in [-0.1, -0.05) is 11.3 Å². The van der Waals surface area contributed by atoms with E-state index in [1.165, 1.54) is 46.9 Å². The van der Waals surface area contributed by atoms with Gasteiger partial charge in [-0.15, -0.1) is 23.7 Å². The Morgan fingerprint density at radius 3 is 2.71 bits per heavy atom. The molecule has 0 aliphatic carbocycles. The van der Waals surface area contributed by atoms with Crippen molar-refractivity contribution in [3.05, 3.63) is 63.3 Å². The van der Waals surface area contributed by atoms with Crippen molar-refractivity contribution in [2.45, 2.75) is 6.42 Å². The molecule has 3 heterocycles. The molecule has 0 bridgehead atoms. The van der Waals surface area contributed by atoms with E-state index in [-0.39, 0.29) is 29.8 Å². The molecule has 0 saturated carbocycles. The Hall–Kier alpha value is -2.70. The van der Waals surface area contributed by atoms with Crippen molar-refractivity contribution < 1.29 is 18.8 Å². The molecule has 1 aliphatic rings. The number of nitro benzene ring substituents is 1. The normalized spacial score (nSPS) is 14.2. The monoisotopic (exact) mass is 536 g/mol. The van der Waals surface area contributed by atoms with E-state index in [0.717, 1.165) is 30.8 Å². The van der Waals surface area contributed by atoms with Gasteiger partial charge in [-0.2, -0.15) is 0 Å². The molecular weight excluding hydrogens is 515 g/mol. The maximum absolute atomic E-state index is 13.7. The highest BCUT2D eigenvalue weighted by atomic mass is 35.5. The number of benzene rings is 2. The highest BCUT2D eigenvalue weighted by Gasteiger charge is 2.24. The molecule has 0 spiro atoms. The molecule has 1 aliphatic heterocycles. The zero-order chi connectivity index (χ0) is 23.7. The summed E-state index contributed by atoms with van der Waals surface area (Å²) in [5, 5.41) is 12.3. The lowest BCUT2D eigenvalue weighted by molar-refractivity contribution is -0.384. The number of ether oxygens (including phenoxy) is 1. The lowest BCUT2D eigenvalue weighted by atomic mass is 10.2. The molecule has 5 rings (SSSR count). The standard InChI is InChI=1S/C23H21FN4O4S2.ClH/c24-16-2-4-18-20(14-16)34-23(25-18)27(7-1-6-26-8-10-32-11-9-26)22(29)21-13-15-12-17(28(30)31)3-5-19(15)33-21;/h2-5,12-14H,1,6-11H2;1H. The van der Waals surface area contributed by atoms with E-state index < -0.39 is 4.92 Å². The number of anilines is 1. The van der Waals surface area contributed by atoms with Gasteiger partial charge in [-0.05, 0) is 36.8 Å². The molecular formula is C23H22ClFN4O4S2. The third kappa shape index (κ3) is 5.60. The molecule has 2 aromatic heterocycles. The molecule has 0 atom stereocenters. The minimum absolute atomic E-state index is 0. The molecule has 0 unspecified atom stereocenters. The summed E-state index contributed by atoms with van der Waals surface area (Å²) in [5.74, 6) is -0.565. The summed E-state index contributed by atoms with van der Waals surface area (Å²) >= 11 is 2.57. The fourth-order valence-corrected chi connectivity index (χ4v) is 5.95. The van der Waals surface area contributed by atoms with Gasteiger partial charge in [0.25, 0.3) is 11.6 Å². The van der Waals surface area contributed by atoms with Crippen LogP contribution in [-0.4, -0.2) is 60.1 Å². The topological polar surface area (TPSA) is 88.8 Å². The van der Waals surface area contributed by atoms with Crippen LogP contribution in [-0.2, 0) is 4.74 Å². The number of hydrogen-bond acceptors (Lipinski definition) is 8. The van der Waals surface area contributed by atoms with E-state index in [1.54, 1.807) is 23.1 Å². The van der Waals surface area contributed by atoms with E-state index in [0.29, 0.717) is 45.4 Å². The van der Waals surface area contributed by atoms with E-state index >= 15 is 0 Å². The zero-order valence-electron chi connectivity index (χ0n) is 18.5. The number of rotatable bonds is 7. The summed E-state index contributed by atoms with van der Waals surface area (Å²) in [4.78, 5) is 33.3. The number of nitrogens with zero attached hydrogens (tertiary/aromatic N) is 4. The quantitative estimate of drug-likeness (QED) is 0.234. The summed E-state index contributed by atoms with van der Waals surface area (Å²) in [5.41, 5.74) is 0.624. The number of carbonyl (C=O) groups excluding carboxylic acids is 1. The molecule has 184 valence electrons. The average molecular weight is 537 g/mol. The van der Waals surface area contributed by atoms with Crippen LogP contribution in [0.3, 0.4) is 0 Å². The number of fused-ring (bicyclic) bond motifs is 2. The van der Waals surface area contributed by atoms with E-state index in [4.69, 9.17) is 4.74 Å². The summed E-state index contributed by atoms with van der Waals surface area (Å²) < 4.78 is 20.6. The maximum Gasteiger partial charge on any atom is 0.270 e. The van der Waals surface area contributed by atoms with Crippen LogP contribution in [0, 0.1) is 15.9 Å². The molecule has 0 radical (unpaired) electrons. The van der Waals surface area contributed by atoms with Crippen molar-refractivity contribution in [3.8, 4) is 0 Å². The molecule has 0 N–H and O–H groups in total. The van der Waals surface area contributed by atoms with Gasteiger partial charge in [0.2, 0.25) is 0 Å². The van der Waals surface area contributed by atoms with Crippen molar-refractivity contribution >= 4 is 72.1 Å². The van der Waals surface area contributed by atoms with Crippen molar-refractivity contribution in [1.82, 2.24) is 9.88 Å². The van der Waals surface area contributed by atoms with Gasteiger partial charge in [-0.3, -0.25) is 24.7 Å². The first-order chi connectivity index (χ1) is 16.5. The van der Waals surface area contributed by atoms with Gasteiger partial charge in [-0.25, -0.2) is 9.37 Å². The van der Waals surface area contributed by atoms with Gasteiger partial charge in [0.05, 0.1) is 33.2 Å². The summed E-state index contributed by atoms with van der Waals surface area (Å²) in [6.45, 7) is 4.42. The third-order valence-corrected chi connectivity index (χ3v) is 7.84. The number of non-ortho nitro benzene ring substituents is 1. The lowest BCUT2D eigenvalue weighted by Crippen LogP contribution is -2.39. The number of thiophene rings is 1. The largest absolute Gasteiger partial charge is 0.379 e. The molecule has 1 fully saturated rings. The number of carbonyl (C=O) groups is 1. The Kier molecular flexibility index (Phi) is 7.92. The highest BCUT2D eigenvalue weighted by Crippen LogP contribution is 2.34. The van der Waals surface area contributed by atoms with Crippen molar-refractivity contribution in [1.29, 1.82) is 0 Å². The minimum Gasteiger partial charge on any atom is -0.379 e. The first kappa shape index (κ1) is 25.4. The summed E-state index contributed by atoms with van der Waals surface area (Å²) in [7, 11) is 0. The molecule has 2 aromatic carbocycles.